The van der Waals surface area contributed by atoms with E-state index >= 15 is 0 Å². The third-order valence-electron chi connectivity index (χ3n) is 5.71. The van der Waals surface area contributed by atoms with Gasteiger partial charge in [-0.25, -0.2) is 0 Å². The van der Waals surface area contributed by atoms with Crippen LogP contribution in [0.5, 0.6) is 5.75 Å². The van der Waals surface area contributed by atoms with Gasteiger partial charge in [0.2, 0.25) is 0 Å². The quantitative estimate of drug-likeness (QED) is 0.841. The number of aliphatic hydroxyl groups is 1. The molecule has 0 amide bonds. The maximum Gasteiger partial charge on any atom is 0.119 e. The Labute approximate surface area is 150 Å². The topological polar surface area (TPSA) is 45.6 Å². The van der Waals surface area contributed by atoms with Gasteiger partial charge in [0.1, 0.15) is 5.75 Å². The molecule has 1 fully saturated rings. The van der Waals surface area contributed by atoms with Crippen LogP contribution in [0.4, 0.5) is 0 Å². The Morgan fingerprint density at radius 2 is 2.24 bits per heavy atom. The summed E-state index contributed by atoms with van der Waals surface area (Å²) in [6.45, 7) is 7.16. The SMILES string of the molecule is C=C[C@H]1CN(C)[C@H]([C@@H](O)c2ccnc3ccc(OC)cc23)C[C@@H]1CC. The van der Waals surface area contributed by atoms with Gasteiger partial charge in [0, 0.05) is 24.2 Å². The first-order valence-electron chi connectivity index (χ1n) is 9.02. The summed E-state index contributed by atoms with van der Waals surface area (Å²) in [5, 5.41) is 12.2. The first-order chi connectivity index (χ1) is 12.1. The summed E-state index contributed by atoms with van der Waals surface area (Å²) in [4.78, 5) is 6.70. The summed E-state index contributed by atoms with van der Waals surface area (Å²) in [6, 6.07) is 7.84. The van der Waals surface area contributed by atoms with Crippen LogP contribution in [-0.4, -0.2) is 41.7 Å². The van der Waals surface area contributed by atoms with E-state index < -0.39 is 6.10 Å². The van der Waals surface area contributed by atoms with Gasteiger partial charge in [0.15, 0.2) is 0 Å². The highest BCUT2D eigenvalue weighted by molar-refractivity contribution is 5.83. The van der Waals surface area contributed by atoms with Crippen LogP contribution in [0.2, 0.25) is 0 Å². The van der Waals surface area contributed by atoms with Crippen molar-refractivity contribution in [2.45, 2.75) is 31.9 Å². The van der Waals surface area contributed by atoms with Crippen molar-refractivity contribution in [1.82, 2.24) is 9.88 Å². The molecule has 1 aromatic carbocycles. The molecule has 1 saturated heterocycles. The molecule has 2 aromatic rings. The lowest BCUT2D eigenvalue weighted by molar-refractivity contribution is 0.00748. The predicted octanol–water partition coefficient (Wildman–Crippen LogP) is 3.81. The molecule has 4 nitrogen and oxygen atoms in total. The first-order valence-corrected chi connectivity index (χ1v) is 9.02. The highest BCUT2D eigenvalue weighted by Crippen LogP contribution is 2.37. The standard InChI is InChI=1S/C21H28N2O2/c1-5-14-11-20(23(3)13-15(14)6-2)21(24)17-9-10-22-19-8-7-16(25-4)12-18(17)19/h6-10,12,14-15,20-21,24H,2,5,11,13H2,1,3-4H3/t14-,15-,20-,21-/m0/s1. The van der Waals surface area contributed by atoms with Crippen LogP contribution in [0.1, 0.15) is 31.4 Å². The van der Waals surface area contributed by atoms with Crippen LogP contribution in [0.3, 0.4) is 0 Å². The Bertz CT molecular complexity index is 746. The number of pyridine rings is 1. The zero-order chi connectivity index (χ0) is 18.0. The maximum absolute atomic E-state index is 11.2. The molecule has 25 heavy (non-hydrogen) atoms. The predicted molar refractivity (Wildman–Crippen MR) is 102 cm³/mol. The molecule has 1 aromatic heterocycles. The molecule has 0 unspecified atom stereocenters. The van der Waals surface area contributed by atoms with Crippen molar-refractivity contribution in [3.63, 3.8) is 0 Å². The highest BCUT2D eigenvalue weighted by atomic mass is 16.5. The van der Waals surface area contributed by atoms with Gasteiger partial charge in [-0.3, -0.25) is 9.88 Å². The number of aromatic nitrogens is 1. The lowest BCUT2D eigenvalue weighted by Gasteiger charge is -2.43. The zero-order valence-corrected chi connectivity index (χ0v) is 15.4. The number of fused-ring (bicyclic) bond motifs is 1. The second-order valence-electron chi connectivity index (χ2n) is 7.04. The van der Waals surface area contributed by atoms with Gasteiger partial charge in [-0.2, -0.15) is 0 Å². The molecule has 134 valence electrons. The van der Waals surface area contributed by atoms with Crippen LogP contribution in [0.25, 0.3) is 10.9 Å². The van der Waals surface area contributed by atoms with Crippen molar-refractivity contribution in [2.24, 2.45) is 11.8 Å². The minimum Gasteiger partial charge on any atom is -0.497 e. The summed E-state index contributed by atoms with van der Waals surface area (Å²) in [5.41, 5.74) is 1.81. The van der Waals surface area contributed by atoms with Crippen LogP contribution < -0.4 is 4.74 Å². The van der Waals surface area contributed by atoms with E-state index in [1.807, 2.05) is 24.3 Å². The van der Waals surface area contributed by atoms with Crippen LogP contribution in [-0.2, 0) is 0 Å². The number of aliphatic hydroxyl groups excluding tert-OH is 1. The van der Waals surface area contributed by atoms with Gasteiger partial charge >= 0.3 is 0 Å². The Hall–Kier alpha value is -1.91. The molecular weight excluding hydrogens is 312 g/mol. The summed E-state index contributed by atoms with van der Waals surface area (Å²) < 4.78 is 5.36. The van der Waals surface area contributed by atoms with Crippen molar-refractivity contribution >= 4 is 10.9 Å². The number of piperidine rings is 1. The number of hydrogen-bond donors (Lipinski definition) is 1. The van der Waals surface area contributed by atoms with Crippen LogP contribution in [0.15, 0.2) is 43.1 Å². The molecule has 4 heteroatoms. The minimum absolute atomic E-state index is 0.0953. The monoisotopic (exact) mass is 340 g/mol. The Kier molecular flexibility index (Phi) is 5.40. The van der Waals surface area contributed by atoms with Crippen molar-refractivity contribution in [2.75, 3.05) is 20.7 Å². The molecule has 0 radical (unpaired) electrons. The smallest absolute Gasteiger partial charge is 0.119 e. The van der Waals surface area contributed by atoms with E-state index in [2.05, 4.69) is 36.5 Å². The average Bonchev–Trinajstić information content (AvgIpc) is 2.66. The molecule has 0 spiro atoms. The molecule has 2 heterocycles. The Morgan fingerprint density at radius 3 is 2.92 bits per heavy atom. The number of likely N-dealkylation sites (N-methyl/N-ethyl adjacent to an activating group) is 1. The summed E-state index contributed by atoms with van der Waals surface area (Å²) in [5.74, 6) is 1.84. The fourth-order valence-corrected chi connectivity index (χ4v) is 4.13. The number of rotatable bonds is 5. The third-order valence-corrected chi connectivity index (χ3v) is 5.71. The molecule has 0 saturated carbocycles. The Morgan fingerprint density at radius 1 is 1.44 bits per heavy atom. The number of benzene rings is 1. The molecule has 1 aliphatic rings. The summed E-state index contributed by atoms with van der Waals surface area (Å²) in [7, 11) is 3.75. The second kappa shape index (κ2) is 7.54. The zero-order valence-electron chi connectivity index (χ0n) is 15.4. The van der Waals surface area contributed by atoms with Gasteiger partial charge in [0.05, 0.1) is 18.7 Å². The van der Waals surface area contributed by atoms with Gasteiger partial charge < -0.3 is 9.84 Å². The van der Waals surface area contributed by atoms with E-state index in [0.717, 1.165) is 41.6 Å². The molecule has 0 bridgehead atoms. The highest BCUT2D eigenvalue weighted by Gasteiger charge is 2.36. The fraction of sp³-hybridized carbons (Fsp3) is 0.476. The molecule has 3 rings (SSSR count). The van der Waals surface area contributed by atoms with Crippen molar-refractivity contribution in [1.29, 1.82) is 0 Å². The molecular formula is C21H28N2O2. The second-order valence-corrected chi connectivity index (χ2v) is 7.04. The number of likely N-dealkylation sites (tertiary alicyclic amines) is 1. The number of ether oxygens (including phenoxy) is 1. The van der Waals surface area contributed by atoms with Crippen molar-refractivity contribution in [3.05, 3.63) is 48.7 Å². The third kappa shape index (κ3) is 3.42. The van der Waals surface area contributed by atoms with E-state index in [9.17, 15) is 5.11 Å². The molecule has 1 aliphatic heterocycles. The van der Waals surface area contributed by atoms with E-state index in [1.54, 1.807) is 13.3 Å². The van der Waals surface area contributed by atoms with E-state index in [4.69, 9.17) is 4.74 Å². The first kappa shape index (κ1) is 17.9. The molecule has 1 N–H and O–H groups in total. The molecule has 0 aliphatic carbocycles. The lowest BCUT2D eigenvalue weighted by Crippen LogP contribution is -2.47. The normalized spacial score (nSPS) is 25.7. The molecule has 4 atom stereocenters. The largest absolute Gasteiger partial charge is 0.497 e. The summed E-state index contributed by atoms with van der Waals surface area (Å²) in [6.07, 6.45) is 5.37. The van der Waals surface area contributed by atoms with E-state index in [-0.39, 0.29) is 6.04 Å². The fourth-order valence-electron chi connectivity index (χ4n) is 4.13. The maximum atomic E-state index is 11.2. The van der Waals surface area contributed by atoms with Crippen molar-refractivity contribution < 1.29 is 9.84 Å². The van der Waals surface area contributed by atoms with Gasteiger partial charge in [-0.1, -0.05) is 19.4 Å². The Balaban J connectivity index is 1.96. The van der Waals surface area contributed by atoms with Crippen LogP contribution in [0, 0.1) is 11.8 Å². The minimum atomic E-state index is -0.553. The number of hydrogen-bond acceptors (Lipinski definition) is 4. The van der Waals surface area contributed by atoms with Gasteiger partial charge in [-0.15, -0.1) is 6.58 Å². The summed E-state index contributed by atoms with van der Waals surface area (Å²) >= 11 is 0. The van der Waals surface area contributed by atoms with E-state index in [0.29, 0.717) is 11.8 Å². The van der Waals surface area contributed by atoms with Crippen molar-refractivity contribution in [3.8, 4) is 5.75 Å². The number of methoxy groups -OCH3 is 1. The average molecular weight is 340 g/mol. The van der Waals surface area contributed by atoms with Gasteiger partial charge in [0.25, 0.3) is 0 Å². The van der Waals surface area contributed by atoms with E-state index in [1.165, 1.54) is 0 Å². The van der Waals surface area contributed by atoms with Crippen LogP contribution >= 0.6 is 0 Å². The lowest BCUT2D eigenvalue weighted by atomic mass is 9.78. The van der Waals surface area contributed by atoms with Gasteiger partial charge in [-0.05, 0) is 55.1 Å². The number of nitrogens with zero attached hydrogens (tertiary/aromatic N) is 2.